The molecular formula is C18H28ClF3IN5O. The molecule has 1 aromatic heterocycles. The van der Waals surface area contributed by atoms with Gasteiger partial charge in [0.1, 0.15) is 5.82 Å². The van der Waals surface area contributed by atoms with Gasteiger partial charge in [0.05, 0.1) is 16.7 Å². The number of hydrogen-bond acceptors (Lipinski definition) is 4. The second-order valence-electron chi connectivity index (χ2n) is 6.88. The third kappa shape index (κ3) is 8.33. The molecule has 1 aliphatic rings. The van der Waals surface area contributed by atoms with Crippen LogP contribution in [0.15, 0.2) is 17.3 Å². The van der Waals surface area contributed by atoms with Crippen molar-refractivity contribution in [2.24, 2.45) is 4.99 Å². The van der Waals surface area contributed by atoms with E-state index < -0.39 is 11.7 Å². The Morgan fingerprint density at radius 3 is 2.76 bits per heavy atom. The lowest BCUT2D eigenvalue weighted by molar-refractivity contribution is -0.137. The zero-order valence-electron chi connectivity index (χ0n) is 16.7. The van der Waals surface area contributed by atoms with E-state index in [1.807, 2.05) is 18.7 Å². The summed E-state index contributed by atoms with van der Waals surface area (Å²) >= 11 is 6.04. The molecule has 1 aliphatic heterocycles. The predicted molar refractivity (Wildman–Crippen MR) is 120 cm³/mol. The average molecular weight is 550 g/mol. The van der Waals surface area contributed by atoms with Gasteiger partial charge in [-0.2, -0.15) is 13.2 Å². The van der Waals surface area contributed by atoms with Crippen molar-refractivity contribution in [1.82, 2.24) is 15.6 Å². The monoisotopic (exact) mass is 549 g/mol. The molecule has 0 aromatic carbocycles. The molecule has 166 valence electrons. The van der Waals surface area contributed by atoms with Crippen LogP contribution in [-0.4, -0.2) is 56.4 Å². The number of nitrogens with one attached hydrogen (secondary N) is 2. The molecule has 1 aromatic rings. The molecule has 2 rings (SSSR count). The molecule has 0 amide bonds. The van der Waals surface area contributed by atoms with Crippen LogP contribution in [0.1, 0.15) is 32.3 Å². The van der Waals surface area contributed by atoms with E-state index in [0.29, 0.717) is 31.5 Å². The van der Waals surface area contributed by atoms with E-state index in [2.05, 4.69) is 20.6 Å². The molecule has 11 heteroatoms. The lowest BCUT2D eigenvalue weighted by Gasteiger charge is -2.21. The number of guanidine groups is 1. The molecular weight excluding hydrogens is 522 g/mol. The molecule has 29 heavy (non-hydrogen) atoms. The Kier molecular flexibility index (Phi) is 10.8. The van der Waals surface area contributed by atoms with Crippen molar-refractivity contribution in [3.05, 3.63) is 22.8 Å². The van der Waals surface area contributed by atoms with Gasteiger partial charge in [-0.1, -0.05) is 11.6 Å². The highest BCUT2D eigenvalue weighted by Gasteiger charge is 2.33. The normalized spacial score (nSPS) is 17.4. The number of ether oxygens (including phenoxy) is 1. The number of anilines is 1. The van der Waals surface area contributed by atoms with E-state index in [1.165, 1.54) is 0 Å². The number of rotatable bonds is 7. The Hall–Kier alpha value is -1.01. The first-order chi connectivity index (χ1) is 13.2. The summed E-state index contributed by atoms with van der Waals surface area (Å²) in [5.41, 5.74) is -0.846. The third-order valence-corrected chi connectivity index (χ3v) is 4.54. The highest BCUT2D eigenvalue weighted by Crippen LogP contribution is 2.34. The van der Waals surface area contributed by atoms with E-state index in [9.17, 15) is 13.2 Å². The summed E-state index contributed by atoms with van der Waals surface area (Å²) in [6, 6.07) is 1.02. The van der Waals surface area contributed by atoms with Gasteiger partial charge >= 0.3 is 6.18 Å². The Labute approximate surface area is 191 Å². The summed E-state index contributed by atoms with van der Waals surface area (Å²) in [4.78, 5) is 10.0. The van der Waals surface area contributed by atoms with Crippen molar-refractivity contribution in [2.75, 3.05) is 38.2 Å². The van der Waals surface area contributed by atoms with E-state index >= 15 is 0 Å². The number of halogens is 5. The van der Waals surface area contributed by atoms with Gasteiger partial charge in [-0.3, -0.25) is 4.99 Å². The zero-order valence-corrected chi connectivity index (χ0v) is 19.8. The van der Waals surface area contributed by atoms with Crippen LogP contribution in [0.25, 0.3) is 0 Å². The summed E-state index contributed by atoms with van der Waals surface area (Å²) in [5, 5.41) is 6.56. The maximum Gasteiger partial charge on any atom is 0.417 e. The largest absolute Gasteiger partial charge is 0.417 e. The van der Waals surface area contributed by atoms with Crippen LogP contribution in [-0.2, 0) is 10.9 Å². The van der Waals surface area contributed by atoms with Crippen molar-refractivity contribution < 1.29 is 17.9 Å². The van der Waals surface area contributed by atoms with Gasteiger partial charge in [-0.05, 0) is 32.8 Å². The van der Waals surface area contributed by atoms with Crippen molar-refractivity contribution >= 4 is 47.4 Å². The smallest absolute Gasteiger partial charge is 0.379 e. The summed E-state index contributed by atoms with van der Waals surface area (Å²) in [6.45, 7) is 6.63. The number of hydrogen-bond donors (Lipinski definition) is 2. The number of aliphatic imine (C=N–C) groups is 1. The standard InChI is InChI=1S/C18H27ClF3N5O.HI/c1-12(2)28-8-4-6-24-17(23-3)26-14-5-7-27(11-14)16-15(19)9-13(10-25-16)18(20,21)22;/h9-10,12,14H,4-8,11H2,1-3H3,(H2,23,24,26);1H. The molecule has 1 saturated heterocycles. The molecule has 0 aliphatic carbocycles. The van der Waals surface area contributed by atoms with E-state index in [-0.39, 0.29) is 41.1 Å². The first-order valence-electron chi connectivity index (χ1n) is 9.27. The highest BCUT2D eigenvalue weighted by molar-refractivity contribution is 14.0. The molecule has 0 bridgehead atoms. The minimum atomic E-state index is -4.46. The predicted octanol–water partition coefficient (Wildman–Crippen LogP) is 3.93. The van der Waals surface area contributed by atoms with E-state index in [1.54, 1.807) is 7.05 Å². The van der Waals surface area contributed by atoms with Crippen LogP contribution >= 0.6 is 35.6 Å². The molecule has 2 N–H and O–H groups in total. The molecule has 1 atom stereocenters. The lowest BCUT2D eigenvalue weighted by atomic mass is 10.2. The average Bonchev–Trinajstić information content (AvgIpc) is 3.07. The maximum absolute atomic E-state index is 12.8. The van der Waals surface area contributed by atoms with Gasteiger partial charge in [0.15, 0.2) is 5.96 Å². The van der Waals surface area contributed by atoms with Gasteiger partial charge in [0.2, 0.25) is 0 Å². The van der Waals surface area contributed by atoms with Gasteiger partial charge in [0.25, 0.3) is 0 Å². The molecule has 0 radical (unpaired) electrons. The lowest BCUT2D eigenvalue weighted by Crippen LogP contribution is -2.45. The molecule has 1 unspecified atom stereocenters. The van der Waals surface area contributed by atoms with Crippen LogP contribution in [0.2, 0.25) is 5.02 Å². The molecule has 6 nitrogen and oxygen atoms in total. The van der Waals surface area contributed by atoms with Gasteiger partial charge < -0.3 is 20.3 Å². The Morgan fingerprint density at radius 2 is 2.17 bits per heavy atom. The first kappa shape index (κ1) is 26.0. The Morgan fingerprint density at radius 1 is 1.45 bits per heavy atom. The van der Waals surface area contributed by atoms with Gasteiger partial charge in [-0.15, -0.1) is 24.0 Å². The summed E-state index contributed by atoms with van der Waals surface area (Å²) in [7, 11) is 1.70. The number of aromatic nitrogens is 1. The van der Waals surface area contributed by atoms with Gasteiger partial charge in [-0.25, -0.2) is 4.98 Å². The number of nitrogens with zero attached hydrogens (tertiary/aromatic N) is 3. The molecule has 1 fully saturated rings. The second-order valence-corrected chi connectivity index (χ2v) is 7.28. The van der Waals surface area contributed by atoms with Crippen LogP contribution in [0, 0.1) is 0 Å². The summed E-state index contributed by atoms with van der Waals surface area (Å²) in [6.07, 6.45) is -1.76. The summed E-state index contributed by atoms with van der Waals surface area (Å²) in [5.74, 6) is 1.05. The molecule has 2 heterocycles. The maximum atomic E-state index is 12.8. The van der Waals surface area contributed by atoms with Crippen molar-refractivity contribution in [2.45, 2.75) is 45.0 Å². The highest BCUT2D eigenvalue weighted by atomic mass is 127. The Bertz CT molecular complexity index is 675. The third-order valence-electron chi connectivity index (χ3n) is 4.27. The van der Waals surface area contributed by atoms with Crippen molar-refractivity contribution in [1.29, 1.82) is 0 Å². The van der Waals surface area contributed by atoms with Gasteiger partial charge in [0, 0.05) is 45.5 Å². The van der Waals surface area contributed by atoms with Crippen LogP contribution in [0.3, 0.4) is 0 Å². The SMILES string of the molecule is CN=C(NCCCOC(C)C)NC1CCN(c2ncc(C(F)(F)F)cc2Cl)C1.I. The van der Waals surface area contributed by atoms with Crippen LogP contribution < -0.4 is 15.5 Å². The fourth-order valence-electron chi connectivity index (χ4n) is 2.87. The number of alkyl halides is 3. The fourth-order valence-corrected chi connectivity index (χ4v) is 3.16. The fraction of sp³-hybridized carbons (Fsp3) is 0.667. The quantitative estimate of drug-likeness (QED) is 0.234. The zero-order chi connectivity index (χ0) is 20.7. The van der Waals surface area contributed by atoms with Crippen LogP contribution in [0.5, 0.6) is 0 Å². The molecule has 0 saturated carbocycles. The minimum Gasteiger partial charge on any atom is -0.379 e. The summed E-state index contributed by atoms with van der Waals surface area (Å²) < 4.78 is 43.8. The van der Waals surface area contributed by atoms with Crippen LogP contribution in [0.4, 0.5) is 19.0 Å². The van der Waals surface area contributed by atoms with Crippen molar-refractivity contribution in [3.63, 3.8) is 0 Å². The first-order valence-corrected chi connectivity index (χ1v) is 9.65. The van der Waals surface area contributed by atoms with E-state index in [0.717, 1.165) is 31.6 Å². The Balaban J connectivity index is 0.00000420. The van der Waals surface area contributed by atoms with Crippen molar-refractivity contribution in [3.8, 4) is 0 Å². The van der Waals surface area contributed by atoms with E-state index in [4.69, 9.17) is 16.3 Å². The number of pyridine rings is 1. The topological polar surface area (TPSA) is 61.8 Å². The minimum absolute atomic E-state index is 0. The molecule has 0 spiro atoms. The second kappa shape index (κ2) is 12.0.